The lowest BCUT2D eigenvalue weighted by atomic mass is 9.99. The molecule has 2 unspecified atom stereocenters. The van der Waals surface area contributed by atoms with Crippen molar-refractivity contribution in [2.45, 2.75) is 19.1 Å². The number of nitrogens with zero attached hydrogens (tertiary/aromatic N) is 2. The standard InChI is InChI=1S/C23H28N4O6.ClH/c1-12(28)20(24)23(29)26-16-8-13(6-7-17(16)30-2)15-11-25-27-21(15)14-9-18(31-3)22(33-5)19(10-14)32-4;/h6-10,12,20,28H,11,24H2,1-5H3,(H,26,29);1H. The van der Waals surface area contributed by atoms with Crippen LogP contribution in [0.3, 0.4) is 0 Å². The number of rotatable bonds is 9. The average Bonchev–Trinajstić information content (AvgIpc) is 3.32. The predicted molar refractivity (Wildman–Crippen MR) is 123 cm³/mol. The lowest BCUT2D eigenvalue weighted by Crippen LogP contribution is -3.00. The Morgan fingerprint density at radius 1 is 1.00 bits per heavy atom. The van der Waals surface area contributed by atoms with E-state index in [1.54, 1.807) is 33.5 Å². The summed E-state index contributed by atoms with van der Waals surface area (Å²) >= 11 is 0. The number of nitrogens with one attached hydrogen (secondary N) is 1. The van der Waals surface area contributed by atoms with Gasteiger partial charge >= 0.3 is 0 Å². The number of carbonyl (C=O) groups is 1. The van der Waals surface area contributed by atoms with Gasteiger partial charge in [-0.05, 0) is 36.8 Å². The lowest BCUT2D eigenvalue weighted by molar-refractivity contribution is -0.418. The van der Waals surface area contributed by atoms with E-state index >= 15 is 0 Å². The summed E-state index contributed by atoms with van der Waals surface area (Å²) in [4.78, 5) is 12.5. The molecule has 5 N–H and O–H groups in total. The average molecular weight is 493 g/mol. The molecule has 0 bridgehead atoms. The topological polar surface area (TPSA) is 139 Å². The molecule has 3 rings (SSSR count). The fraction of sp³-hybridized carbons (Fsp3) is 0.348. The SMILES string of the molecule is COc1ccc(C2=C(c3cc(OC)c(OC)c(OC)c3)N=NC2)cc1NC(=O)C([NH3+])C(C)O.[Cl-]. The van der Waals surface area contributed by atoms with Gasteiger partial charge < -0.3 is 47.5 Å². The van der Waals surface area contributed by atoms with Gasteiger partial charge in [0.2, 0.25) is 5.75 Å². The molecular formula is C23H29ClN4O6. The first kappa shape index (κ1) is 26.9. The van der Waals surface area contributed by atoms with Crippen LogP contribution in [0.1, 0.15) is 18.1 Å². The number of benzene rings is 2. The molecule has 2 aromatic rings. The number of quaternary nitrogens is 1. The molecule has 0 radical (unpaired) electrons. The van der Waals surface area contributed by atoms with Crippen LogP contribution >= 0.6 is 0 Å². The number of aliphatic hydroxyl groups is 1. The zero-order valence-corrected chi connectivity index (χ0v) is 20.5. The largest absolute Gasteiger partial charge is 1.00 e. The van der Waals surface area contributed by atoms with Crippen molar-refractivity contribution in [1.29, 1.82) is 0 Å². The van der Waals surface area contributed by atoms with Crippen LogP contribution < -0.4 is 42.4 Å². The van der Waals surface area contributed by atoms with Gasteiger partial charge in [-0.15, -0.1) is 0 Å². The summed E-state index contributed by atoms with van der Waals surface area (Å²) in [6.45, 7) is 1.87. The molecule has 1 aliphatic heterocycles. The van der Waals surface area contributed by atoms with E-state index in [4.69, 9.17) is 18.9 Å². The molecule has 1 aliphatic rings. The number of anilines is 1. The molecule has 0 aromatic heterocycles. The minimum atomic E-state index is -0.888. The molecule has 2 aromatic carbocycles. The second-order valence-electron chi connectivity index (χ2n) is 7.39. The zero-order valence-electron chi connectivity index (χ0n) is 19.7. The minimum absolute atomic E-state index is 0. The summed E-state index contributed by atoms with van der Waals surface area (Å²) < 4.78 is 21.7. The Balaban J connectivity index is 0.00000408. The fourth-order valence-corrected chi connectivity index (χ4v) is 3.43. The Bertz CT molecular complexity index is 1080. The number of aliphatic hydroxyl groups excluding tert-OH is 1. The summed E-state index contributed by atoms with van der Waals surface area (Å²) in [6, 6.07) is 8.20. The van der Waals surface area contributed by atoms with Crippen LogP contribution in [0.25, 0.3) is 11.3 Å². The van der Waals surface area contributed by atoms with Crippen LogP contribution in [0.2, 0.25) is 0 Å². The van der Waals surface area contributed by atoms with E-state index in [-0.39, 0.29) is 12.4 Å². The second-order valence-corrected chi connectivity index (χ2v) is 7.39. The maximum Gasteiger partial charge on any atom is 0.285 e. The molecule has 0 spiro atoms. The van der Waals surface area contributed by atoms with E-state index in [2.05, 4.69) is 21.3 Å². The number of amides is 1. The first-order valence-electron chi connectivity index (χ1n) is 10.3. The Kier molecular flexibility index (Phi) is 9.25. The van der Waals surface area contributed by atoms with Gasteiger partial charge in [0.25, 0.3) is 5.91 Å². The van der Waals surface area contributed by atoms with Crippen molar-refractivity contribution in [3.63, 3.8) is 0 Å². The van der Waals surface area contributed by atoms with Crippen LogP contribution in [0.15, 0.2) is 40.6 Å². The Morgan fingerprint density at radius 3 is 2.15 bits per heavy atom. The molecule has 0 saturated heterocycles. The third-order valence-corrected chi connectivity index (χ3v) is 5.35. The van der Waals surface area contributed by atoms with Crippen LogP contribution in [-0.2, 0) is 4.79 Å². The van der Waals surface area contributed by atoms with E-state index in [1.807, 2.05) is 18.2 Å². The molecule has 2 atom stereocenters. The normalized spacial score (nSPS) is 14.2. The molecule has 34 heavy (non-hydrogen) atoms. The molecular weight excluding hydrogens is 464 g/mol. The van der Waals surface area contributed by atoms with E-state index in [1.165, 1.54) is 14.0 Å². The van der Waals surface area contributed by atoms with E-state index in [0.717, 1.165) is 16.7 Å². The van der Waals surface area contributed by atoms with E-state index in [9.17, 15) is 9.90 Å². The van der Waals surface area contributed by atoms with Gasteiger partial charge in [0.05, 0.1) is 46.4 Å². The molecule has 0 saturated carbocycles. The fourth-order valence-electron chi connectivity index (χ4n) is 3.43. The summed E-state index contributed by atoms with van der Waals surface area (Å²) in [5.41, 5.74) is 7.22. The van der Waals surface area contributed by atoms with Gasteiger partial charge in [0, 0.05) is 11.1 Å². The predicted octanol–water partition coefficient (Wildman–Crippen LogP) is -1.01. The van der Waals surface area contributed by atoms with Crippen molar-refractivity contribution in [1.82, 2.24) is 0 Å². The molecule has 184 valence electrons. The van der Waals surface area contributed by atoms with Crippen LogP contribution in [0, 0.1) is 0 Å². The maximum atomic E-state index is 12.5. The number of carbonyl (C=O) groups excluding carboxylic acids is 1. The van der Waals surface area contributed by atoms with E-state index < -0.39 is 18.1 Å². The number of halogens is 1. The molecule has 1 heterocycles. The van der Waals surface area contributed by atoms with E-state index in [0.29, 0.717) is 40.9 Å². The summed E-state index contributed by atoms with van der Waals surface area (Å²) in [6.07, 6.45) is -0.888. The van der Waals surface area contributed by atoms with Crippen molar-refractivity contribution < 1.29 is 47.0 Å². The monoisotopic (exact) mass is 492 g/mol. The lowest BCUT2D eigenvalue weighted by Gasteiger charge is -2.16. The summed E-state index contributed by atoms with van der Waals surface area (Å²) in [7, 11) is 6.16. The van der Waals surface area contributed by atoms with Gasteiger partial charge in [-0.1, -0.05) is 6.07 Å². The molecule has 0 fully saturated rings. The number of methoxy groups -OCH3 is 4. The van der Waals surface area contributed by atoms with Crippen LogP contribution in [0.5, 0.6) is 23.0 Å². The van der Waals surface area contributed by atoms with Gasteiger partial charge in [0.1, 0.15) is 11.9 Å². The molecule has 1 amide bonds. The molecule has 0 aliphatic carbocycles. The number of ether oxygens (including phenoxy) is 4. The molecule has 10 nitrogen and oxygen atoms in total. The third-order valence-electron chi connectivity index (χ3n) is 5.35. The number of hydrogen-bond donors (Lipinski definition) is 3. The Hall–Kier alpha value is -3.34. The summed E-state index contributed by atoms with van der Waals surface area (Å²) in [5, 5.41) is 21.0. The second kappa shape index (κ2) is 11.7. The van der Waals surface area contributed by atoms with Crippen molar-refractivity contribution in [3.05, 3.63) is 41.5 Å². The number of hydrogen-bond acceptors (Lipinski definition) is 8. The highest BCUT2D eigenvalue weighted by molar-refractivity contribution is 5.98. The quantitative estimate of drug-likeness (QED) is 0.410. The van der Waals surface area contributed by atoms with Crippen molar-refractivity contribution >= 4 is 22.9 Å². The Morgan fingerprint density at radius 2 is 1.62 bits per heavy atom. The summed E-state index contributed by atoms with van der Waals surface area (Å²) in [5.74, 6) is 1.55. The first-order valence-corrected chi connectivity index (χ1v) is 10.3. The number of azo groups is 1. The minimum Gasteiger partial charge on any atom is -1.00 e. The van der Waals surface area contributed by atoms with Crippen molar-refractivity contribution in [2.24, 2.45) is 10.2 Å². The van der Waals surface area contributed by atoms with Crippen LogP contribution in [0.4, 0.5) is 5.69 Å². The highest BCUT2D eigenvalue weighted by atomic mass is 35.5. The van der Waals surface area contributed by atoms with Gasteiger partial charge in [0.15, 0.2) is 17.5 Å². The highest BCUT2D eigenvalue weighted by Gasteiger charge is 2.25. The third kappa shape index (κ3) is 5.41. The molecule has 11 heteroatoms. The maximum absolute atomic E-state index is 12.5. The van der Waals surface area contributed by atoms with Crippen LogP contribution in [-0.4, -0.2) is 58.1 Å². The van der Waals surface area contributed by atoms with Gasteiger partial charge in [-0.2, -0.15) is 10.2 Å². The smallest absolute Gasteiger partial charge is 0.285 e. The van der Waals surface area contributed by atoms with Gasteiger partial charge in [-0.25, -0.2) is 0 Å². The highest BCUT2D eigenvalue weighted by Crippen LogP contribution is 2.43. The van der Waals surface area contributed by atoms with Crippen molar-refractivity contribution in [2.75, 3.05) is 40.3 Å². The Labute approximate surface area is 204 Å². The van der Waals surface area contributed by atoms with Crippen molar-refractivity contribution in [3.8, 4) is 23.0 Å². The first-order chi connectivity index (χ1) is 15.8. The zero-order chi connectivity index (χ0) is 24.1. The van der Waals surface area contributed by atoms with Gasteiger partial charge in [-0.3, -0.25) is 4.79 Å².